The van der Waals surface area contributed by atoms with Crippen molar-refractivity contribution in [2.45, 2.75) is 18.4 Å². The highest BCUT2D eigenvalue weighted by Crippen LogP contribution is 2.26. The number of hydrogen-bond acceptors (Lipinski definition) is 6. The smallest absolute Gasteiger partial charge is 0.263 e. The molecule has 3 aromatic rings. The van der Waals surface area contributed by atoms with Crippen molar-refractivity contribution in [2.75, 3.05) is 11.8 Å². The Kier molecular flexibility index (Phi) is 6.41. The number of rotatable bonds is 7. The van der Waals surface area contributed by atoms with Gasteiger partial charge in [-0.2, -0.15) is 0 Å². The highest BCUT2D eigenvalue weighted by atomic mass is 35.5. The number of aryl methyl sites for hydroxylation is 1. The summed E-state index contributed by atoms with van der Waals surface area (Å²) in [5, 5.41) is 3.53. The lowest BCUT2D eigenvalue weighted by atomic mass is 10.2. The zero-order valence-corrected chi connectivity index (χ0v) is 18.0. The van der Waals surface area contributed by atoms with Crippen LogP contribution in [-0.2, 0) is 16.6 Å². The molecule has 2 N–H and O–H groups in total. The van der Waals surface area contributed by atoms with Crippen molar-refractivity contribution >= 4 is 44.0 Å². The van der Waals surface area contributed by atoms with Gasteiger partial charge >= 0.3 is 0 Å². The van der Waals surface area contributed by atoms with Crippen molar-refractivity contribution in [3.63, 3.8) is 0 Å². The molecule has 0 aliphatic heterocycles. The third kappa shape index (κ3) is 5.26. The molecule has 0 spiro atoms. The van der Waals surface area contributed by atoms with E-state index in [1.54, 1.807) is 31.2 Å². The fourth-order valence-corrected chi connectivity index (χ4v) is 4.69. The van der Waals surface area contributed by atoms with Crippen LogP contribution in [0.25, 0.3) is 0 Å². The second kappa shape index (κ2) is 8.81. The normalized spacial score (nSPS) is 11.1. The summed E-state index contributed by atoms with van der Waals surface area (Å²) in [4.78, 5) is 17.0. The molecule has 0 aliphatic carbocycles. The van der Waals surface area contributed by atoms with E-state index in [1.807, 2.05) is 12.1 Å². The fraction of sp³-hybridized carbons (Fsp3) is 0.158. The van der Waals surface area contributed by atoms with Gasteiger partial charge in [0.15, 0.2) is 5.13 Å². The molecule has 0 saturated heterocycles. The minimum atomic E-state index is -3.83. The predicted octanol–water partition coefficient (Wildman–Crippen LogP) is 3.84. The number of halogens is 1. The first-order valence-electron chi connectivity index (χ1n) is 8.45. The number of anilines is 1. The molecular formula is C19H18ClN3O4S2. The topological polar surface area (TPSA) is 97.4 Å². The van der Waals surface area contributed by atoms with Gasteiger partial charge in [0.05, 0.1) is 17.7 Å². The van der Waals surface area contributed by atoms with E-state index in [1.165, 1.54) is 19.2 Å². The number of aromatic nitrogens is 1. The summed E-state index contributed by atoms with van der Waals surface area (Å²) >= 11 is 6.82. The molecule has 152 valence electrons. The Bertz CT molecular complexity index is 1110. The lowest BCUT2D eigenvalue weighted by Crippen LogP contribution is -2.22. The van der Waals surface area contributed by atoms with Gasteiger partial charge < -0.3 is 10.1 Å². The van der Waals surface area contributed by atoms with E-state index in [2.05, 4.69) is 15.0 Å². The van der Waals surface area contributed by atoms with E-state index in [0.29, 0.717) is 27.9 Å². The van der Waals surface area contributed by atoms with Gasteiger partial charge in [0, 0.05) is 11.6 Å². The van der Waals surface area contributed by atoms with Crippen LogP contribution in [0, 0.1) is 6.92 Å². The van der Waals surface area contributed by atoms with Crippen LogP contribution in [0.2, 0.25) is 5.02 Å². The second-order valence-corrected chi connectivity index (χ2v) is 9.14. The summed E-state index contributed by atoms with van der Waals surface area (Å²) in [6, 6.07) is 13.1. The zero-order chi connectivity index (χ0) is 21.0. The van der Waals surface area contributed by atoms with Gasteiger partial charge in [0.1, 0.15) is 10.6 Å². The van der Waals surface area contributed by atoms with Gasteiger partial charge in [0.2, 0.25) is 0 Å². The molecule has 1 aromatic heterocycles. The van der Waals surface area contributed by atoms with Crippen molar-refractivity contribution in [1.82, 2.24) is 10.3 Å². The molecule has 0 aliphatic rings. The van der Waals surface area contributed by atoms with Crippen molar-refractivity contribution in [3.8, 4) is 5.75 Å². The number of ether oxygens (including phenoxy) is 1. The molecule has 0 radical (unpaired) electrons. The van der Waals surface area contributed by atoms with Crippen molar-refractivity contribution < 1.29 is 17.9 Å². The maximum atomic E-state index is 12.5. The van der Waals surface area contributed by atoms with Gasteiger partial charge in [-0.15, -0.1) is 0 Å². The molecule has 3 rings (SSSR count). The van der Waals surface area contributed by atoms with Crippen LogP contribution in [0.15, 0.2) is 53.4 Å². The summed E-state index contributed by atoms with van der Waals surface area (Å²) in [5.74, 6) is 0.221. The Balaban J connectivity index is 1.70. The number of hydrogen-bond donors (Lipinski definition) is 2. The highest BCUT2D eigenvalue weighted by Gasteiger charge is 2.20. The fourth-order valence-electron chi connectivity index (χ4n) is 2.44. The van der Waals surface area contributed by atoms with E-state index < -0.39 is 10.0 Å². The summed E-state index contributed by atoms with van der Waals surface area (Å²) < 4.78 is 32.5. The molecule has 10 heteroatoms. The summed E-state index contributed by atoms with van der Waals surface area (Å²) in [6.07, 6.45) is 0. The third-order valence-corrected chi connectivity index (χ3v) is 6.77. The number of benzene rings is 2. The van der Waals surface area contributed by atoms with Crippen molar-refractivity contribution in [1.29, 1.82) is 0 Å². The number of nitrogens with one attached hydrogen (secondary N) is 2. The standard InChI is InChI=1S/C19H18ClN3O4S2/c1-12-17(18(24)21-11-13-3-5-14(20)6-4-13)28-19(22-12)23-29(25,26)16-9-7-15(27-2)8-10-16/h3-10H,11H2,1-2H3,(H,21,24)(H,22,23). The van der Waals surface area contributed by atoms with E-state index in [9.17, 15) is 13.2 Å². The lowest BCUT2D eigenvalue weighted by molar-refractivity contribution is 0.0954. The molecule has 0 saturated carbocycles. The van der Waals surface area contributed by atoms with E-state index in [-0.39, 0.29) is 15.9 Å². The van der Waals surface area contributed by atoms with E-state index >= 15 is 0 Å². The molecule has 1 heterocycles. The number of carbonyl (C=O) groups is 1. The Morgan fingerprint density at radius 2 is 1.79 bits per heavy atom. The molecular weight excluding hydrogens is 434 g/mol. The molecule has 0 fully saturated rings. The first kappa shape index (κ1) is 21.1. The Morgan fingerprint density at radius 1 is 1.14 bits per heavy atom. The van der Waals surface area contributed by atoms with Gasteiger partial charge in [-0.25, -0.2) is 13.4 Å². The van der Waals surface area contributed by atoms with Gasteiger partial charge in [-0.1, -0.05) is 35.1 Å². The van der Waals surface area contributed by atoms with Crippen LogP contribution in [0.1, 0.15) is 20.9 Å². The largest absolute Gasteiger partial charge is 0.497 e. The number of amides is 1. The summed E-state index contributed by atoms with van der Waals surface area (Å²) in [7, 11) is -2.33. The second-order valence-electron chi connectivity index (χ2n) is 6.02. The number of sulfonamides is 1. The van der Waals surface area contributed by atoms with Crippen LogP contribution in [0.3, 0.4) is 0 Å². The molecule has 2 aromatic carbocycles. The average molecular weight is 452 g/mol. The van der Waals surface area contributed by atoms with E-state index in [0.717, 1.165) is 16.9 Å². The minimum absolute atomic E-state index is 0.0693. The number of nitrogens with zero attached hydrogens (tertiary/aromatic N) is 1. The van der Waals surface area contributed by atoms with Crippen LogP contribution in [-0.4, -0.2) is 26.4 Å². The van der Waals surface area contributed by atoms with Crippen LogP contribution >= 0.6 is 22.9 Å². The average Bonchev–Trinajstić information content (AvgIpc) is 3.06. The lowest BCUT2D eigenvalue weighted by Gasteiger charge is -2.06. The number of methoxy groups -OCH3 is 1. The molecule has 29 heavy (non-hydrogen) atoms. The third-order valence-electron chi connectivity index (χ3n) is 3.96. The highest BCUT2D eigenvalue weighted by molar-refractivity contribution is 7.93. The summed E-state index contributed by atoms with van der Waals surface area (Å²) in [6.45, 7) is 1.97. The molecule has 0 atom stereocenters. The molecule has 0 bridgehead atoms. The quantitative estimate of drug-likeness (QED) is 0.568. The van der Waals surface area contributed by atoms with Crippen LogP contribution in [0.5, 0.6) is 5.75 Å². The zero-order valence-electron chi connectivity index (χ0n) is 15.6. The van der Waals surface area contributed by atoms with Gasteiger partial charge in [0.25, 0.3) is 15.9 Å². The SMILES string of the molecule is COc1ccc(S(=O)(=O)Nc2nc(C)c(C(=O)NCc3ccc(Cl)cc3)s2)cc1. The van der Waals surface area contributed by atoms with Gasteiger partial charge in [-0.05, 0) is 48.9 Å². The molecule has 1 amide bonds. The molecule has 7 nitrogen and oxygen atoms in total. The van der Waals surface area contributed by atoms with Gasteiger partial charge in [-0.3, -0.25) is 9.52 Å². The monoisotopic (exact) mass is 451 g/mol. The van der Waals surface area contributed by atoms with Crippen molar-refractivity contribution in [2.24, 2.45) is 0 Å². The Morgan fingerprint density at radius 3 is 2.41 bits per heavy atom. The summed E-state index contributed by atoms with van der Waals surface area (Å²) in [5.41, 5.74) is 1.33. The van der Waals surface area contributed by atoms with Crippen LogP contribution < -0.4 is 14.8 Å². The van der Waals surface area contributed by atoms with Crippen LogP contribution in [0.4, 0.5) is 5.13 Å². The number of carbonyl (C=O) groups excluding carboxylic acids is 1. The first-order chi connectivity index (χ1) is 13.8. The first-order valence-corrected chi connectivity index (χ1v) is 11.1. The molecule has 0 unspecified atom stereocenters. The predicted molar refractivity (Wildman–Crippen MR) is 113 cm³/mol. The maximum absolute atomic E-state index is 12.5. The Hall–Kier alpha value is -2.62. The van der Waals surface area contributed by atoms with E-state index in [4.69, 9.17) is 16.3 Å². The van der Waals surface area contributed by atoms with Crippen molar-refractivity contribution in [3.05, 3.63) is 69.7 Å². The maximum Gasteiger partial charge on any atom is 0.263 e. The number of thiazole rings is 1. The Labute approximate surface area is 177 Å². The minimum Gasteiger partial charge on any atom is -0.497 e.